The Labute approximate surface area is 196 Å². The van der Waals surface area contributed by atoms with E-state index in [2.05, 4.69) is 9.97 Å². The Morgan fingerprint density at radius 3 is 2.48 bits per heavy atom. The number of ether oxygens (including phenoxy) is 1. The molecule has 0 fully saturated rings. The average Bonchev–Trinajstić information content (AvgIpc) is 3.41. The number of amides is 1. The highest BCUT2D eigenvalue weighted by Crippen LogP contribution is 2.32. The number of carbonyl (C=O) groups excluding carboxylic acids is 2. The van der Waals surface area contributed by atoms with E-state index in [0.717, 1.165) is 22.7 Å². The Balaban J connectivity index is 1.47. The highest BCUT2D eigenvalue weighted by atomic mass is 32.1. The van der Waals surface area contributed by atoms with Gasteiger partial charge in [0.1, 0.15) is 28.1 Å². The Morgan fingerprint density at radius 1 is 1.06 bits per heavy atom. The monoisotopic (exact) mass is 485 g/mol. The number of halogens is 2. The van der Waals surface area contributed by atoms with Crippen LogP contribution in [0.25, 0.3) is 10.6 Å². The molecule has 168 valence electrons. The Hall–Kier alpha value is -3.50. The second-order valence-corrected chi connectivity index (χ2v) is 8.78. The van der Waals surface area contributed by atoms with Crippen molar-refractivity contribution in [2.75, 3.05) is 4.90 Å². The second-order valence-electron chi connectivity index (χ2n) is 6.94. The normalized spacial score (nSPS) is 10.8. The van der Waals surface area contributed by atoms with E-state index in [4.69, 9.17) is 4.74 Å². The minimum absolute atomic E-state index is 0.0940. The average molecular weight is 486 g/mol. The lowest BCUT2D eigenvalue weighted by Crippen LogP contribution is -2.23. The van der Waals surface area contributed by atoms with Gasteiger partial charge < -0.3 is 4.74 Å². The molecule has 0 saturated carbocycles. The van der Waals surface area contributed by atoms with Crippen molar-refractivity contribution in [3.8, 4) is 10.6 Å². The third-order valence-electron chi connectivity index (χ3n) is 4.56. The molecule has 1 amide bonds. The number of aryl methyl sites for hydroxylation is 1. The molecule has 4 aromatic rings. The third kappa shape index (κ3) is 4.96. The minimum atomic E-state index is -0.564. The van der Waals surface area contributed by atoms with E-state index in [1.807, 2.05) is 0 Å². The largest absolute Gasteiger partial charge is 0.455 e. The van der Waals surface area contributed by atoms with Crippen molar-refractivity contribution in [3.63, 3.8) is 0 Å². The van der Waals surface area contributed by atoms with Crippen LogP contribution < -0.4 is 4.90 Å². The molecule has 0 aliphatic carbocycles. The number of para-hydroxylation sites is 1. The van der Waals surface area contributed by atoms with E-state index < -0.39 is 17.7 Å². The van der Waals surface area contributed by atoms with Crippen molar-refractivity contribution in [1.29, 1.82) is 0 Å². The zero-order valence-electron chi connectivity index (χ0n) is 17.5. The van der Waals surface area contributed by atoms with Gasteiger partial charge in [-0.25, -0.2) is 23.5 Å². The van der Waals surface area contributed by atoms with E-state index in [1.54, 1.807) is 30.5 Å². The zero-order valence-corrected chi connectivity index (χ0v) is 19.2. The molecule has 0 radical (unpaired) electrons. The molecule has 0 N–H and O–H groups in total. The highest BCUT2D eigenvalue weighted by molar-refractivity contribution is 7.17. The number of anilines is 2. The smallest absolute Gasteiger partial charge is 0.350 e. The molecule has 0 aliphatic heterocycles. The summed E-state index contributed by atoms with van der Waals surface area (Å²) >= 11 is 2.29. The van der Waals surface area contributed by atoms with Crippen LogP contribution in [0.3, 0.4) is 0 Å². The number of esters is 1. The molecule has 0 bridgehead atoms. The first-order valence-corrected chi connectivity index (χ1v) is 11.4. The van der Waals surface area contributed by atoms with Crippen LogP contribution in [0.4, 0.5) is 19.6 Å². The number of rotatable bonds is 6. The maximum atomic E-state index is 14.2. The molecule has 0 unspecified atom stereocenters. The summed E-state index contributed by atoms with van der Waals surface area (Å²) in [6.07, 6.45) is 0. The van der Waals surface area contributed by atoms with Gasteiger partial charge in [0.25, 0.3) is 0 Å². The van der Waals surface area contributed by atoms with Crippen molar-refractivity contribution in [2.24, 2.45) is 0 Å². The van der Waals surface area contributed by atoms with Gasteiger partial charge in [0.05, 0.1) is 17.1 Å². The van der Waals surface area contributed by atoms with E-state index in [-0.39, 0.29) is 23.2 Å². The Bertz CT molecular complexity index is 1320. The van der Waals surface area contributed by atoms with Crippen molar-refractivity contribution in [1.82, 2.24) is 9.97 Å². The first-order chi connectivity index (χ1) is 15.8. The Morgan fingerprint density at radius 2 is 1.79 bits per heavy atom. The topological polar surface area (TPSA) is 72.4 Å². The van der Waals surface area contributed by atoms with Gasteiger partial charge in [0.15, 0.2) is 5.13 Å². The summed E-state index contributed by atoms with van der Waals surface area (Å²) < 4.78 is 32.7. The maximum absolute atomic E-state index is 14.2. The maximum Gasteiger partial charge on any atom is 0.350 e. The molecule has 10 heteroatoms. The molecule has 2 heterocycles. The van der Waals surface area contributed by atoms with Crippen LogP contribution in [0.1, 0.15) is 28.0 Å². The molecule has 2 aromatic carbocycles. The number of hydrogen-bond acceptors (Lipinski definition) is 7. The Kier molecular flexibility index (Phi) is 6.57. The molecule has 4 rings (SSSR count). The van der Waals surface area contributed by atoms with E-state index >= 15 is 0 Å². The van der Waals surface area contributed by atoms with Crippen LogP contribution in [0.15, 0.2) is 53.9 Å². The number of thiazole rings is 2. The van der Waals surface area contributed by atoms with Gasteiger partial charge in [-0.3, -0.25) is 9.69 Å². The van der Waals surface area contributed by atoms with Crippen LogP contribution in [-0.2, 0) is 16.1 Å². The lowest BCUT2D eigenvalue weighted by Gasteiger charge is -2.18. The van der Waals surface area contributed by atoms with Gasteiger partial charge in [-0.1, -0.05) is 12.1 Å². The fraction of sp³-hybridized carbons (Fsp3) is 0.130. The molecule has 0 spiro atoms. The first-order valence-electron chi connectivity index (χ1n) is 9.73. The number of carbonyl (C=O) groups is 2. The summed E-state index contributed by atoms with van der Waals surface area (Å²) in [5.41, 5.74) is 1.72. The van der Waals surface area contributed by atoms with Crippen molar-refractivity contribution >= 4 is 45.4 Å². The molecule has 0 atom stereocenters. The van der Waals surface area contributed by atoms with E-state index in [9.17, 15) is 18.4 Å². The summed E-state index contributed by atoms with van der Waals surface area (Å²) in [6, 6.07) is 11.8. The number of benzene rings is 2. The lowest BCUT2D eigenvalue weighted by molar-refractivity contribution is -0.115. The highest BCUT2D eigenvalue weighted by Gasteiger charge is 2.22. The quantitative estimate of drug-likeness (QED) is 0.318. The number of nitrogens with zero attached hydrogens (tertiary/aromatic N) is 3. The van der Waals surface area contributed by atoms with Crippen molar-refractivity contribution < 1.29 is 23.1 Å². The fourth-order valence-corrected chi connectivity index (χ4v) is 4.84. The predicted octanol–water partition coefficient (Wildman–Crippen LogP) is 5.89. The number of aromatic nitrogens is 2. The van der Waals surface area contributed by atoms with Crippen LogP contribution in [0, 0.1) is 18.6 Å². The minimum Gasteiger partial charge on any atom is -0.455 e. The summed E-state index contributed by atoms with van der Waals surface area (Å²) in [5.74, 6) is -1.86. The first kappa shape index (κ1) is 22.7. The zero-order chi connectivity index (χ0) is 23.5. The predicted molar refractivity (Wildman–Crippen MR) is 123 cm³/mol. The van der Waals surface area contributed by atoms with E-state index in [0.29, 0.717) is 26.8 Å². The van der Waals surface area contributed by atoms with Crippen LogP contribution in [0.5, 0.6) is 0 Å². The summed E-state index contributed by atoms with van der Waals surface area (Å²) in [4.78, 5) is 35.0. The molecular formula is C23H17F2N3O3S2. The molecule has 33 heavy (non-hydrogen) atoms. The summed E-state index contributed by atoms with van der Waals surface area (Å²) in [7, 11) is 0. The third-order valence-corrected chi connectivity index (χ3v) is 6.62. The van der Waals surface area contributed by atoms with Crippen LogP contribution in [-0.4, -0.2) is 21.8 Å². The van der Waals surface area contributed by atoms with Crippen molar-refractivity contribution in [3.05, 3.63) is 81.8 Å². The standard InChI is InChI=1S/C23H17F2N3O3S2/c1-13-20(33-21(26-13)15-7-9-16(24)10-8-15)22(30)31-11-17-12-32-23(27-17)28(14(2)29)19-6-4-3-5-18(19)25/h3-10,12H,11H2,1-2H3. The van der Waals surface area contributed by atoms with Gasteiger partial charge in [-0.05, 0) is 43.3 Å². The van der Waals surface area contributed by atoms with Gasteiger partial charge in [0, 0.05) is 17.9 Å². The lowest BCUT2D eigenvalue weighted by atomic mass is 10.2. The van der Waals surface area contributed by atoms with Gasteiger partial charge >= 0.3 is 5.97 Å². The fourth-order valence-electron chi connectivity index (χ4n) is 3.01. The SMILES string of the molecule is CC(=O)N(c1nc(COC(=O)c2sc(-c3ccc(F)cc3)nc2C)cs1)c1ccccc1F. The molecule has 2 aromatic heterocycles. The molecular weight excluding hydrogens is 468 g/mol. The van der Waals surface area contributed by atoms with Crippen molar-refractivity contribution in [2.45, 2.75) is 20.5 Å². The van der Waals surface area contributed by atoms with Gasteiger partial charge in [-0.15, -0.1) is 22.7 Å². The van der Waals surface area contributed by atoms with Crippen LogP contribution >= 0.6 is 22.7 Å². The number of hydrogen-bond donors (Lipinski definition) is 0. The van der Waals surface area contributed by atoms with Gasteiger partial charge in [-0.2, -0.15) is 0 Å². The molecule has 0 aliphatic rings. The van der Waals surface area contributed by atoms with E-state index in [1.165, 1.54) is 42.2 Å². The summed E-state index contributed by atoms with van der Waals surface area (Å²) in [6.45, 7) is 2.89. The van der Waals surface area contributed by atoms with Gasteiger partial charge in [0.2, 0.25) is 5.91 Å². The summed E-state index contributed by atoms with van der Waals surface area (Å²) in [5, 5.41) is 2.49. The second kappa shape index (κ2) is 9.55. The molecule has 6 nitrogen and oxygen atoms in total. The molecule has 0 saturated heterocycles. The van der Waals surface area contributed by atoms with Crippen LogP contribution in [0.2, 0.25) is 0 Å².